The van der Waals surface area contributed by atoms with Crippen LogP contribution in [0.2, 0.25) is 0 Å². The van der Waals surface area contributed by atoms with Crippen molar-refractivity contribution < 1.29 is 9.76 Å². The van der Waals surface area contributed by atoms with Crippen molar-refractivity contribution >= 4 is 19.5 Å². The van der Waals surface area contributed by atoms with Crippen molar-refractivity contribution in [3.63, 3.8) is 0 Å². The molecular weight excluding hydrogens is 365 g/mol. The van der Waals surface area contributed by atoms with Crippen molar-refractivity contribution in [1.29, 1.82) is 5.41 Å². The second-order valence-corrected chi connectivity index (χ2v) is 8.39. The average molecular weight is 396 g/mol. The van der Waals surface area contributed by atoms with Crippen molar-refractivity contribution in [3.8, 4) is 0 Å². The van der Waals surface area contributed by atoms with Gasteiger partial charge >= 0.3 is 7.48 Å². The minimum absolute atomic E-state index is 0.197. The fourth-order valence-electron chi connectivity index (χ4n) is 2.32. The van der Waals surface area contributed by atoms with Gasteiger partial charge in [-0.2, -0.15) is 0 Å². The molecule has 6 N–H and O–H groups in total. The Balaban J connectivity index is 2.10. The molecule has 0 spiro atoms. The Kier molecular flexibility index (Phi) is 6.92. The van der Waals surface area contributed by atoms with Crippen molar-refractivity contribution in [2.75, 3.05) is 0 Å². The number of nitrogens with zero attached hydrogens (tertiary/aromatic N) is 1. The van der Waals surface area contributed by atoms with Gasteiger partial charge in [0.05, 0.1) is 22.6 Å². The number of rotatable bonds is 8. The molecule has 0 aliphatic carbocycles. The Morgan fingerprint density at radius 3 is 2.55 bits per heavy atom. The molecule has 0 saturated heterocycles. The lowest BCUT2D eigenvalue weighted by Crippen LogP contribution is -2.48. The molecule has 2 aliphatic heterocycles. The summed E-state index contributed by atoms with van der Waals surface area (Å²) in [5, 5.41) is 24.1. The quantitative estimate of drug-likeness (QED) is 0.246. The number of hydrogen-bond donors (Lipinski definition) is 5. The standard InChI is InChI=1S/C21H31BN5O2/c1-13(2)14(11-23)9-18(24)27-19-8-7-16-17(26-19)10-15(12-25-16)22-29-21(5,6)20(3,4)28/h7-13,23,25-26,28H,1-6H3,(H2,24,27). The molecule has 8 heteroatoms. The maximum atomic E-state index is 10.2. The predicted molar refractivity (Wildman–Crippen MR) is 119 cm³/mol. The summed E-state index contributed by atoms with van der Waals surface area (Å²) in [7, 11) is 1.62. The van der Waals surface area contributed by atoms with Crippen LogP contribution in [0.15, 0.2) is 63.8 Å². The highest BCUT2D eigenvalue weighted by Crippen LogP contribution is 2.26. The van der Waals surface area contributed by atoms with E-state index in [2.05, 4.69) is 15.6 Å². The van der Waals surface area contributed by atoms with E-state index in [9.17, 15) is 5.11 Å². The number of nitrogens with two attached hydrogens (primary N) is 1. The summed E-state index contributed by atoms with van der Waals surface area (Å²) in [6.45, 7) is 11.1. The van der Waals surface area contributed by atoms with Gasteiger partial charge in [-0.25, -0.2) is 4.99 Å². The van der Waals surface area contributed by atoms with Crippen LogP contribution in [0.1, 0.15) is 41.5 Å². The van der Waals surface area contributed by atoms with Gasteiger partial charge in [0.25, 0.3) is 0 Å². The van der Waals surface area contributed by atoms with Crippen LogP contribution in [0.4, 0.5) is 0 Å². The second kappa shape index (κ2) is 8.84. The summed E-state index contributed by atoms with van der Waals surface area (Å²) >= 11 is 0. The van der Waals surface area contributed by atoms with Crippen molar-refractivity contribution in [2.24, 2.45) is 16.6 Å². The van der Waals surface area contributed by atoms with Crippen LogP contribution in [-0.4, -0.2) is 35.8 Å². The average Bonchev–Trinajstić information content (AvgIpc) is 2.63. The van der Waals surface area contributed by atoms with E-state index in [0.29, 0.717) is 11.7 Å². The molecule has 0 aromatic heterocycles. The SMILES string of the molecule is CC(C)C(C=N)=CC(N)=NC1=CC=C2NC=C([B]OC(C)(C)C(C)(C)O)C=C2N1. The van der Waals surface area contributed by atoms with Crippen LogP contribution in [-0.2, 0) is 4.65 Å². The number of nitrogens with one attached hydrogen (secondary N) is 3. The van der Waals surface area contributed by atoms with Gasteiger partial charge < -0.3 is 31.5 Å². The molecule has 0 unspecified atom stereocenters. The Morgan fingerprint density at radius 2 is 1.97 bits per heavy atom. The molecule has 0 aromatic rings. The first-order valence-electron chi connectivity index (χ1n) is 9.60. The summed E-state index contributed by atoms with van der Waals surface area (Å²) in [6.07, 6.45) is 10.5. The van der Waals surface area contributed by atoms with E-state index in [1.54, 1.807) is 27.4 Å². The first-order valence-corrected chi connectivity index (χ1v) is 9.60. The molecule has 0 aromatic carbocycles. The third-order valence-electron chi connectivity index (χ3n) is 5.03. The molecule has 0 bridgehead atoms. The molecule has 0 fully saturated rings. The van der Waals surface area contributed by atoms with Crippen LogP contribution < -0.4 is 16.4 Å². The normalized spacial score (nSPS) is 17.9. The highest BCUT2D eigenvalue weighted by atomic mass is 16.5. The summed E-state index contributed by atoms with van der Waals surface area (Å²) < 4.78 is 5.82. The van der Waals surface area contributed by atoms with Gasteiger partial charge in [-0.05, 0) is 75.2 Å². The fraction of sp³-hybridized carbons (Fsp3) is 0.429. The number of dihydropyridines is 2. The summed E-state index contributed by atoms with van der Waals surface area (Å²) in [4.78, 5) is 4.40. The minimum Gasteiger partial charge on any atom is -0.427 e. The third-order valence-corrected chi connectivity index (χ3v) is 5.03. The minimum atomic E-state index is -0.992. The molecule has 0 saturated carbocycles. The molecule has 0 atom stereocenters. The summed E-state index contributed by atoms with van der Waals surface area (Å²) in [6, 6.07) is 0. The zero-order valence-electron chi connectivity index (χ0n) is 18.0. The van der Waals surface area contributed by atoms with E-state index < -0.39 is 11.2 Å². The lowest BCUT2D eigenvalue weighted by molar-refractivity contribution is -0.0896. The van der Waals surface area contributed by atoms with E-state index in [1.807, 2.05) is 52.1 Å². The van der Waals surface area contributed by atoms with Crippen LogP contribution >= 0.6 is 0 Å². The Bertz CT molecular complexity index is 840. The van der Waals surface area contributed by atoms with Gasteiger partial charge in [-0.15, -0.1) is 0 Å². The summed E-state index contributed by atoms with van der Waals surface area (Å²) in [5.74, 6) is 1.13. The van der Waals surface area contributed by atoms with Gasteiger partial charge in [-0.1, -0.05) is 13.8 Å². The number of hydrogen-bond acceptors (Lipinski definition) is 6. The molecule has 155 valence electrons. The van der Waals surface area contributed by atoms with Gasteiger partial charge in [0, 0.05) is 6.21 Å². The van der Waals surface area contributed by atoms with Crippen molar-refractivity contribution in [1.82, 2.24) is 10.6 Å². The Hall–Kier alpha value is -2.58. The number of amidine groups is 1. The van der Waals surface area contributed by atoms with Gasteiger partial charge in [-0.3, -0.25) is 0 Å². The third kappa shape index (κ3) is 5.95. The lowest BCUT2D eigenvalue weighted by Gasteiger charge is -2.37. The maximum Gasteiger partial charge on any atom is 0.332 e. The Labute approximate surface area is 174 Å². The molecule has 1 radical (unpaired) electrons. The molecule has 2 aliphatic rings. The van der Waals surface area contributed by atoms with Gasteiger partial charge in [0.2, 0.25) is 0 Å². The summed E-state index contributed by atoms with van der Waals surface area (Å²) in [5.41, 5.74) is 7.64. The maximum absolute atomic E-state index is 10.2. The molecule has 2 rings (SSSR count). The highest BCUT2D eigenvalue weighted by molar-refractivity contribution is 6.39. The Morgan fingerprint density at radius 1 is 1.28 bits per heavy atom. The second-order valence-electron chi connectivity index (χ2n) is 8.39. The number of allylic oxidation sites excluding steroid dienone is 5. The van der Waals surface area contributed by atoms with Crippen molar-refractivity contribution in [3.05, 3.63) is 58.8 Å². The van der Waals surface area contributed by atoms with Crippen LogP contribution in [0.3, 0.4) is 0 Å². The number of aliphatic imine (C=N–C) groups is 1. The van der Waals surface area contributed by atoms with E-state index in [1.165, 1.54) is 6.21 Å². The van der Waals surface area contributed by atoms with E-state index in [0.717, 1.165) is 22.4 Å². The van der Waals surface area contributed by atoms with Gasteiger partial charge in [0.15, 0.2) is 0 Å². The molecule has 2 heterocycles. The van der Waals surface area contributed by atoms with Crippen LogP contribution in [0.5, 0.6) is 0 Å². The topological polar surface area (TPSA) is 116 Å². The molecule has 29 heavy (non-hydrogen) atoms. The van der Waals surface area contributed by atoms with Crippen LogP contribution in [0.25, 0.3) is 0 Å². The number of fused-ring (bicyclic) bond motifs is 1. The largest absolute Gasteiger partial charge is 0.427 e. The molecule has 0 amide bonds. The first kappa shape index (κ1) is 22.7. The fourth-order valence-corrected chi connectivity index (χ4v) is 2.32. The monoisotopic (exact) mass is 396 g/mol. The van der Waals surface area contributed by atoms with E-state index in [-0.39, 0.29) is 5.92 Å². The van der Waals surface area contributed by atoms with E-state index in [4.69, 9.17) is 15.8 Å². The van der Waals surface area contributed by atoms with Crippen LogP contribution in [0, 0.1) is 11.3 Å². The smallest absolute Gasteiger partial charge is 0.332 e. The highest BCUT2D eigenvalue weighted by Gasteiger charge is 2.36. The zero-order chi connectivity index (χ0) is 21.8. The molecule has 7 nitrogen and oxygen atoms in total. The molecular formula is C21H31BN5O2. The number of aliphatic hydroxyl groups is 1. The lowest BCUT2D eigenvalue weighted by atomic mass is 9.81. The van der Waals surface area contributed by atoms with Gasteiger partial charge in [0.1, 0.15) is 11.7 Å². The zero-order valence-corrected chi connectivity index (χ0v) is 18.0. The van der Waals surface area contributed by atoms with Crippen molar-refractivity contribution in [2.45, 2.75) is 52.7 Å². The van der Waals surface area contributed by atoms with E-state index >= 15 is 0 Å². The first-order chi connectivity index (χ1) is 13.4. The predicted octanol–water partition coefficient (Wildman–Crippen LogP) is 2.42.